The molecule has 0 aliphatic carbocycles. The first-order valence-corrected chi connectivity index (χ1v) is 11.7. The topological polar surface area (TPSA) is 123 Å². The van der Waals surface area contributed by atoms with Crippen LogP contribution in [0.4, 0.5) is 5.69 Å². The van der Waals surface area contributed by atoms with Crippen molar-refractivity contribution in [2.45, 2.75) is 33.1 Å². The Kier molecular flexibility index (Phi) is 9.78. The lowest BCUT2D eigenvalue weighted by atomic mass is 10.1. The van der Waals surface area contributed by atoms with Gasteiger partial charge in [0, 0.05) is 24.1 Å². The molecule has 37 heavy (non-hydrogen) atoms. The first kappa shape index (κ1) is 26.9. The number of aryl methyl sites for hydroxylation is 2. The third-order valence-electron chi connectivity index (χ3n) is 5.07. The lowest BCUT2D eigenvalue weighted by molar-refractivity contribution is -0.148. The van der Waals surface area contributed by atoms with E-state index in [1.807, 2.05) is 26.0 Å². The highest BCUT2D eigenvalue weighted by atomic mass is 16.5. The van der Waals surface area contributed by atoms with Crippen molar-refractivity contribution in [2.24, 2.45) is 0 Å². The second-order valence-electron chi connectivity index (χ2n) is 8.38. The summed E-state index contributed by atoms with van der Waals surface area (Å²) in [5, 5.41) is 2.77. The molecule has 3 aromatic rings. The quantitative estimate of drug-likeness (QED) is 0.281. The van der Waals surface area contributed by atoms with Gasteiger partial charge in [0.25, 0.3) is 11.8 Å². The molecule has 0 heterocycles. The molecule has 0 aromatic heterocycles. The molecular weight excluding hydrogens is 474 g/mol. The van der Waals surface area contributed by atoms with Gasteiger partial charge in [-0.1, -0.05) is 24.3 Å². The summed E-state index contributed by atoms with van der Waals surface area (Å²) in [4.78, 5) is 47.6. The zero-order valence-corrected chi connectivity index (χ0v) is 20.7. The van der Waals surface area contributed by atoms with E-state index in [1.165, 1.54) is 0 Å². The number of ether oxygens (including phenoxy) is 2. The third kappa shape index (κ3) is 9.48. The summed E-state index contributed by atoms with van der Waals surface area (Å²) >= 11 is 0. The second-order valence-corrected chi connectivity index (χ2v) is 8.38. The Labute approximate surface area is 215 Å². The van der Waals surface area contributed by atoms with Crippen LogP contribution in [0.15, 0.2) is 72.8 Å². The van der Waals surface area contributed by atoms with E-state index in [-0.39, 0.29) is 25.2 Å². The summed E-state index contributed by atoms with van der Waals surface area (Å²) in [7, 11) is 0. The highest BCUT2D eigenvalue weighted by Gasteiger charge is 2.11. The van der Waals surface area contributed by atoms with Crippen LogP contribution in [-0.2, 0) is 19.1 Å². The molecule has 0 aliphatic rings. The van der Waals surface area contributed by atoms with Gasteiger partial charge in [0.2, 0.25) is 5.91 Å². The smallest absolute Gasteiger partial charge is 0.306 e. The number of rotatable bonds is 10. The van der Waals surface area contributed by atoms with Crippen LogP contribution < -0.4 is 20.9 Å². The minimum Gasteiger partial charge on any atom is -0.457 e. The van der Waals surface area contributed by atoms with Gasteiger partial charge in [0.05, 0.1) is 0 Å². The normalized spacial score (nSPS) is 10.2. The molecule has 9 nitrogen and oxygen atoms in total. The summed E-state index contributed by atoms with van der Waals surface area (Å²) < 4.78 is 10.7. The lowest BCUT2D eigenvalue weighted by Gasteiger charge is -2.10. The standard InChI is InChI=1S/C28H29N3O6/c1-19-15-20(2)17-24(16-19)37-23-13-11-22(12-14-23)29-25(32)9-6-10-27(34)36-18-26(33)30-31-28(35)21-7-4-3-5-8-21/h3-5,7-8,11-17H,6,9-10,18H2,1-2H3,(H,29,32)(H,30,33)(H,31,35). The number of hydrogen-bond donors (Lipinski definition) is 3. The summed E-state index contributed by atoms with van der Waals surface area (Å²) in [6, 6.07) is 21.3. The van der Waals surface area contributed by atoms with Crippen LogP contribution in [0.2, 0.25) is 0 Å². The van der Waals surface area contributed by atoms with Crippen molar-refractivity contribution in [3.63, 3.8) is 0 Å². The molecule has 0 saturated carbocycles. The van der Waals surface area contributed by atoms with Crippen molar-refractivity contribution in [3.8, 4) is 11.5 Å². The average Bonchev–Trinajstić information content (AvgIpc) is 2.87. The number of carbonyl (C=O) groups excluding carboxylic acids is 4. The van der Waals surface area contributed by atoms with Crippen LogP contribution in [0.1, 0.15) is 40.7 Å². The van der Waals surface area contributed by atoms with Crippen molar-refractivity contribution >= 4 is 29.4 Å². The SMILES string of the molecule is Cc1cc(C)cc(Oc2ccc(NC(=O)CCCC(=O)OCC(=O)NNC(=O)c3ccccc3)cc2)c1. The predicted molar refractivity (Wildman–Crippen MR) is 138 cm³/mol. The van der Waals surface area contributed by atoms with E-state index < -0.39 is 24.4 Å². The molecule has 0 spiro atoms. The molecule has 9 heteroatoms. The highest BCUT2D eigenvalue weighted by molar-refractivity contribution is 5.95. The minimum atomic E-state index is -0.680. The second kappa shape index (κ2) is 13.4. The maximum absolute atomic E-state index is 12.2. The van der Waals surface area contributed by atoms with Crippen molar-refractivity contribution < 1.29 is 28.7 Å². The molecule has 0 aliphatic heterocycles. The van der Waals surface area contributed by atoms with Gasteiger partial charge in [-0.25, -0.2) is 0 Å². The summed E-state index contributed by atoms with van der Waals surface area (Å²) in [6.45, 7) is 3.46. The molecule has 3 N–H and O–H groups in total. The maximum Gasteiger partial charge on any atom is 0.306 e. The number of amides is 3. The molecule has 3 rings (SSSR count). The minimum absolute atomic E-state index is 0.0280. The zero-order valence-electron chi connectivity index (χ0n) is 20.7. The number of esters is 1. The fourth-order valence-corrected chi connectivity index (χ4v) is 3.39. The Morgan fingerprint density at radius 2 is 1.41 bits per heavy atom. The van der Waals surface area contributed by atoms with Gasteiger partial charge in [0.1, 0.15) is 11.5 Å². The summed E-state index contributed by atoms with van der Waals surface area (Å²) in [6.07, 6.45) is 0.333. The highest BCUT2D eigenvalue weighted by Crippen LogP contribution is 2.25. The Morgan fingerprint density at radius 3 is 2.08 bits per heavy atom. The zero-order chi connectivity index (χ0) is 26.6. The predicted octanol–water partition coefficient (Wildman–Crippen LogP) is 4.21. The van der Waals surface area contributed by atoms with Crippen LogP contribution in [0.25, 0.3) is 0 Å². The molecule has 0 radical (unpaired) electrons. The monoisotopic (exact) mass is 503 g/mol. The Morgan fingerprint density at radius 1 is 0.730 bits per heavy atom. The molecular formula is C28H29N3O6. The molecule has 0 unspecified atom stereocenters. The van der Waals surface area contributed by atoms with Crippen molar-refractivity contribution in [1.29, 1.82) is 0 Å². The first-order chi connectivity index (χ1) is 17.8. The molecule has 3 amide bonds. The molecule has 0 atom stereocenters. The van der Waals surface area contributed by atoms with Gasteiger partial charge in [-0.2, -0.15) is 0 Å². The largest absolute Gasteiger partial charge is 0.457 e. The lowest BCUT2D eigenvalue weighted by Crippen LogP contribution is -2.43. The number of nitrogens with one attached hydrogen (secondary N) is 3. The molecule has 0 saturated heterocycles. The van der Waals surface area contributed by atoms with Crippen LogP contribution in [0.3, 0.4) is 0 Å². The van der Waals surface area contributed by atoms with Crippen LogP contribution in [0, 0.1) is 13.8 Å². The Bertz CT molecular complexity index is 1220. The number of carbonyl (C=O) groups is 4. The number of hydrogen-bond acceptors (Lipinski definition) is 6. The van der Waals surface area contributed by atoms with Gasteiger partial charge in [-0.3, -0.25) is 30.0 Å². The molecule has 0 fully saturated rings. The van der Waals surface area contributed by atoms with E-state index in [4.69, 9.17) is 9.47 Å². The van der Waals surface area contributed by atoms with E-state index in [0.29, 0.717) is 17.0 Å². The average molecular weight is 504 g/mol. The number of anilines is 1. The van der Waals surface area contributed by atoms with E-state index in [1.54, 1.807) is 54.6 Å². The van der Waals surface area contributed by atoms with Gasteiger partial charge in [-0.05, 0) is 79.9 Å². The summed E-state index contributed by atoms with van der Waals surface area (Å²) in [5.74, 6) is -0.650. The number of benzene rings is 3. The number of hydrazine groups is 1. The van der Waals surface area contributed by atoms with Crippen molar-refractivity contribution in [1.82, 2.24) is 10.9 Å². The van der Waals surface area contributed by atoms with Crippen LogP contribution in [-0.4, -0.2) is 30.3 Å². The van der Waals surface area contributed by atoms with Crippen molar-refractivity contribution in [3.05, 3.63) is 89.5 Å². The van der Waals surface area contributed by atoms with Crippen LogP contribution in [0.5, 0.6) is 11.5 Å². The van der Waals surface area contributed by atoms with Crippen molar-refractivity contribution in [2.75, 3.05) is 11.9 Å². The fourth-order valence-electron chi connectivity index (χ4n) is 3.39. The van der Waals surface area contributed by atoms with Gasteiger partial charge in [0.15, 0.2) is 6.61 Å². The molecule has 192 valence electrons. The maximum atomic E-state index is 12.2. The van der Waals surface area contributed by atoms with Gasteiger partial charge < -0.3 is 14.8 Å². The Hall–Kier alpha value is -4.66. The first-order valence-electron chi connectivity index (χ1n) is 11.7. The van der Waals surface area contributed by atoms with E-state index in [2.05, 4.69) is 22.2 Å². The van der Waals surface area contributed by atoms with Crippen LogP contribution >= 0.6 is 0 Å². The Balaban J connectivity index is 1.30. The van der Waals surface area contributed by atoms with E-state index in [9.17, 15) is 19.2 Å². The van der Waals surface area contributed by atoms with E-state index in [0.717, 1.165) is 16.9 Å². The molecule has 3 aromatic carbocycles. The summed E-state index contributed by atoms with van der Waals surface area (Å²) in [5.41, 5.74) is 7.60. The fraction of sp³-hybridized carbons (Fsp3) is 0.214. The van der Waals surface area contributed by atoms with E-state index >= 15 is 0 Å². The molecule has 0 bridgehead atoms. The van der Waals surface area contributed by atoms with Gasteiger partial charge in [-0.15, -0.1) is 0 Å². The van der Waals surface area contributed by atoms with Gasteiger partial charge >= 0.3 is 5.97 Å². The third-order valence-corrected chi connectivity index (χ3v) is 5.07.